The van der Waals surface area contributed by atoms with Crippen LogP contribution < -0.4 is 14.4 Å². The van der Waals surface area contributed by atoms with Gasteiger partial charge in [-0.2, -0.15) is 13.2 Å². The Morgan fingerprint density at radius 3 is 2.30 bits per heavy atom. The molecule has 0 heterocycles. The van der Waals surface area contributed by atoms with E-state index < -0.39 is 27.8 Å². The normalized spacial score (nSPS) is 13.3. The molecule has 0 aliphatic rings. The molecule has 2 aromatic rings. The van der Waals surface area contributed by atoms with E-state index in [1.165, 1.54) is 18.1 Å². The van der Waals surface area contributed by atoms with Crippen molar-refractivity contribution < 1.29 is 35.9 Å². The summed E-state index contributed by atoms with van der Waals surface area (Å²) in [4.78, 5) is 28.1. The standard InChI is InChI=1S/C28H38F3N3O5S/c1-6-20(3)32-27(36)25(7-2)33(19-21-11-8-14-24(17-21)39-4)26(35)15-10-16-34(40(5,37)38)23-13-9-12-22(18-23)28(29,30)31/h8-9,11-14,17-18,20,25H,6-7,10,15-16,19H2,1-5H3,(H,32,36)/t20-,25+/m1/s1. The number of hydrogen-bond acceptors (Lipinski definition) is 5. The lowest BCUT2D eigenvalue weighted by Crippen LogP contribution is -2.50. The quantitative estimate of drug-likeness (QED) is 0.337. The number of rotatable bonds is 14. The molecule has 0 spiro atoms. The smallest absolute Gasteiger partial charge is 0.416 e. The molecular formula is C28H38F3N3O5S. The molecule has 8 nitrogen and oxygen atoms in total. The molecule has 2 amide bonds. The first-order valence-electron chi connectivity index (χ1n) is 13.1. The van der Waals surface area contributed by atoms with Crippen LogP contribution >= 0.6 is 0 Å². The summed E-state index contributed by atoms with van der Waals surface area (Å²) in [6, 6.07) is 10.3. The number of benzene rings is 2. The lowest BCUT2D eigenvalue weighted by molar-refractivity contribution is -0.141. The molecule has 40 heavy (non-hydrogen) atoms. The van der Waals surface area contributed by atoms with Crippen LogP contribution in [0.15, 0.2) is 48.5 Å². The average Bonchev–Trinajstić information content (AvgIpc) is 2.89. The highest BCUT2D eigenvalue weighted by Crippen LogP contribution is 2.32. The molecule has 0 saturated carbocycles. The summed E-state index contributed by atoms with van der Waals surface area (Å²) in [5, 5.41) is 2.92. The maximum atomic E-state index is 13.5. The molecule has 0 saturated heterocycles. The van der Waals surface area contributed by atoms with Crippen LogP contribution in [0.4, 0.5) is 18.9 Å². The van der Waals surface area contributed by atoms with Crippen molar-refractivity contribution in [2.45, 2.75) is 71.3 Å². The largest absolute Gasteiger partial charge is 0.497 e. The molecule has 222 valence electrons. The highest BCUT2D eigenvalue weighted by atomic mass is 32.2. The number of carbonyl (C=O) groups excluding carboxylic acids is 2. The number of amides is 2. The van der Waals surface area contributed by atoms with Crippen LogP contribution in [0.2, 0.25) is 0 Å². The Labute approximate surface area is 234 Å². The molecule has 0 aliphatic carbocycles. The van der Waals surface area contributed by atoms with E-state index in [-0.39, 0.29) is 49.5 Å². The topological polar surface area (TPSA) is 96.0 Å². The summed E-state index contributed by atoms with van der Waals surface area (Å²) < 4.78 is 70.7. The Balaban J connectivity index is 2.29. The number of nitrogens with one attached hydrogen (secondary N) is 1. The number of carbonyl (C=O) groups is 2. The Morgan fingerprint density at radius 2 is 1.73 bits per heavy atom. The SMILES string of the molecule is CC[C@@H](C)NC(=O)[C@H](CC)N(Cc1cccc(OC)c1)C(=O)CCCN(c1cccc(C(F)(F)F)c1)S(C)(=O)=O. The van der Waals surface area contributed by atoms with Gasteiger partial charge in [0, 0.05) is 25.6 Å². The molecular weight excluding hydrogens is 547 g/mol. The monoisotopic (exact) mass is 585 g/mol. The summed E-state index contributed by atoms with van der Waals surface area (Å²) in [6.07, 6.45) is -2.78. The third kappa shape index (κ3) is 9.42. The van der Waals surface area contributed by atoms with Gasteiger partial charge >= 0.3 is 6.18 Å². The number of anilines is 1. The molecule has 2 atom stereocenters. The average molecular weight is 586 g/mol. The molecule has 12 heteroatoms. The number of nitrogens with zero attached hydrogens (tertiary/aromatic N) is 2. The number of methoxy groups -OCH3 is 1. The molecule has 0 aromatic heterocycles. The summed E-state index contributed by atoms with van der Waals surface area (Å²) in [7, 11) is -2.42. The fraction of sp³-hybridized carbons (Fsp3) is 0.500. The van der Waals surface area contributed by atoms with E-state index in [9.17, 15) is 31.2 Å². The molecule has 0 fully saturated rings. The Morgan fingerprint density at radius 1 is 1.05 bits per heavy atom. The van der Waals surface area contributed by atoms with E-state index in [1.807, 2.05) is 13.8 Å². The minimum Gasteiger partial charge on any atom is -0.497 e. The van der Waals surface area contributed by atoms with Crippen LogP contribution in [0.25, 0.3) is 0 Å². The maximum Gasteiger partial charge on any atom is 0.416 e. The predicted molar refractivity (Wildman–Crippen MR) is 148 cm³/mol. The van der Waals surface area contributed by atoms with Crippen LogP contribution in [-0.2, 0) is 32.3 Å². The summed E-state index contributed by atoms with van der Waals surface area (Å²) in [6.45, 7) is 5.50. The van der Waals surface area contributed by atoms with Crippen molar-refractivity contribution in [3.63, 3.8) is 0 Å². The Hall–Kier alpha value is -3.28. The van der Waals surface area contributed by atoms with Gasteiger partial charge in [0.05, 0.1) is 24.6 Å². The summed E-state index contributed by atoms with van der Waals surface area (Å²) in [5.41, 5.74) is -0.376. The zero-order valence-corrected chi connectivity index (χ0v) is 24.3. The number of hydrogen-bond donors (Lipinski definition) is 1. The number of sulfonamides is 1. The van der Waals surface area contributed by atoms with Crippen molar-refractivity contribution in [3.8, 4) is 5.75 Å². The van der Waals surface area contributed by atoms with Crippen molar-refractivity contribution in [2.24, 2.45) is 0 Å². The maximum absolute atomic E-state index is 13.5. The first-order chi connectivity index (χ1) is 18.7. The highest BCUT2D eigenvalue weighted by molar-refractivity contribution is 7.92. The van der Waals surface area contributed by atoms with E-state index in [2.05, 4.69) is 5.32 Å². The van der Waals surface area contributed by atoms with Gasteiger partial charge in [-0.05, 0) is 62.1 Å². The van der Waals surface area contributed by atoms with Gasteiger partial charge in [0.25, 0.3) is 0 Å². The minimum absolute atomic E-state index is 0.0280. The molecule has 0 aliphatic heterocycles. The van der Waals surface area contributed by atoms with Gasteiger partial charge in [-0.1, -0.05) is 32.0 Å². The Bertz CT molecular complexity index is 1250. The summed E-state index contributed by atoms with van der Waals surface area (Å²) in [5.74, 6) is -0.0897. The Kier molecular flexibility index (Phi) is 11.8. The predicted octanol–water partition coefficient (Wildman–Crippen LogP) is 4.98. The van der Waals surface area contributed by atoms with Crippen LogP contribution in [0, 0.1) is 0 Å². The lowest BCUT2D eigenvalue weighted by Gasteiger charge is -2.32. The van der Waals surface area contributed by atoms with E-state index in [0.717, 1.165) is 34.3 Å². The zero-order valence-electron chi connectivity index (χ0n) is 23.5. The van der Waals surface area contributed by atoms with Gasteiger partial charge in [-0.3, -0.25) is 13.9 Å². The second kappa shape index (κ2) is 14.4. The van der Waals surface area contributed by atoms with E-state index in [1.54, 1.807) is 31.2 Å². The number of alkyl halides is 3. The summed E-state index contributed by atoms with van der Waals surface area (Å²) >= 11 is 0. The molecule has 0 unspecified atom stereocenters. The zero-order chi connectivity index (χ0) is 30.1. The van der Waals surface area contributed by atoms with Crippen LogP contribution in [0.5, 0.6) is 5.75 Å². The van der Waals surface area contributed by atoms with Gasteiger partial charge in [0.1, 0.15) is 11.8 Å². The van der Waals surface area contributed by atoms with E-state index >= 15 is 0 Å². The van der Waals surface area contributed by atoms with E-state index in [4.69, 9.17) is 4.74 Å². The molecule has 0 radical (unpaired) electrons. The van der Waals surface area contributed by atoms with E-state index in [0.29, 0.717) is 18.6 Å². The molecule has 0 bridgehead atoms. The molecule has 2 aromatic carbocycles. The van der Waals surface area contributed by atoms with Gasteiger partial charge in [-0.15, -0.1) is 0 Å². The lowest BCUT2D eigenvalue weighted by atomic mass is 10.1. The first-order valence-corrected chi connectivity index (χ1v) is 14.9. The number of ether oxygens (including phenoxy) is 1. The molecule has 1 N–H and O–H groups in total. The minimum atomic E-state index is -4.64. The third-order valence-electron chi connectivity index (χ3n) is 6.49. The highest BCUT2D eigenvalue weighted by Gasteiger charge is 2.32. The van der Waals surface area contributed by atoms with Crippen molar-refractivity contribution in [2.75, 3.05) is 24.2 Å². The first kappa shape index (κ1) is 32.9. The van der Waals surface area contributed by atoms with Crippen molar-refractivity contribution in [1.82, 2.24) is 10.2 Å². The van der Waals surface area contributed by atoms with Crippen LogP contribution in [0.1, 0.15) is 57.6 Å². The second-order valence-corrected chi connectivity index (χ2v) is 11.5. The van der Waals surface area contributed by atoms with Crippen molar-refractivity contribution >= 4 is 27.5 Å². The van der Waals surface area contributed by atoms with Gasteiger partial charge in [0.2, 0.25) is 21.8 Å². The fourth-order valence-corrected chi connectivity index (χ4v) is 5.13. The van der Waals surface area contributed by atoms with Crippen LogP contribution in [0.3, 0.4) is 0 Å². The van der Waals surface area contributed by atoms with Crippen LogP contribution in [-0.4, -0.2) is 57.1 Å². The number of halogens is 3. The third-order valence-corrected chi connectivity index (χ3v) is 7.68. The van der Waals surface area contributed by atoms with Crippen molar-refractivity contribution in [1.29, 1.82) is 0 Å². The second-order valence-electron chi connectivity index (χ2n) is 9.60. The van der Waals surface area contributed by atoms with Gasteiger partial charge < -0.3 is 15.0 Å². The van der Waals surface area contributed by atoms with Gasteiger partial charge in [0.15, 0.2) is 0 Å². The fourth-order valence-electron chi connectivity index (χ4n) is 4.17. The molecule has 2 rings (SSSR count). The van der Waals surface area contributed by atoms with Gasteiger partial charge in [-0.25, -0.2) is 8.42 Å². The van der Waals surface area contributed by atoms with Crippen molar-refractivity contribution in [3.05, 3.63) is 59.7 Å².